The number of methoxy groups -OCH3 is 1. The highest BCUT2D eigenvalue weighted by atomic mass is 16.5. The summed E-state index contributed by atoms with van der Waals surface area (Å²) in [5.74, 6) is 1.02. The molecule has 0 spiro atoms. The van der Waals surface area contributed by atoms with Crippen LogP contribution in [0, 0.1) is 0 Å². The monoisotopic (exact) mass is 219 g/mol. The number of ether oxygens (including phenoxy) is 1. The van der Waals surface area contributed by atoms with Gasteiger partial charge in [-0.05, 0) is 24.1 Å². The lowest BCUT2D eigenvalue weighted by atomic mass is 10.2. The minimum absolute atomic E-state index is 0.563. The number of fused-ring (bicyclic) bond motifs is 1. The van der Waals surface area contributed by atoms with Crippen LogP contribution < -0.4 is 5.73 Å². The standard InChI is InChI=1S/C12H17N3O/c1-16-6-2-3-12-14-10-5-4-9(8-13)7-11(10)15-12/h4-5,7H,2-3,6,8,13H2,1H3,(H,14,15). The van der Waals surface area contributed by atoms with E-state index in [1.54, 1.807) is 7.11 Å². The normalized spacial score (nSPS) is 11.1. The Labute approximate surface area is 94.8 Å². The summed E-state index contributed by atoms with van der Waals surface area (Å²) in [7, 11) is 1.71. The Bertz CT molecular complexity index is 464. The fraction of sp³-hybridized carbons (Fsp3) is 0.417. The maximum absolute atomic E-state index is 5.60. The van der Waals surface area contributed by atoms with Crippen LogP contribution in [0.5, 0.6) is 0 Å². The van der Waals surface area contributed by atoms with Gasteiger partial charge in [0, 0.05) is 26.7 Å². The molecule has 4 heteroatoms. The molecule has 0 bridgehead atoms. The lowest BCUT2D eigenvalue weighted by Gasteiger charge is -1.95. The molecule has 4 nitrogen and oxygen atoms in total. The number of aromatic nitrogens is 2. The number of benzene rings is 1. The lowest BCUT2D eigenvalue weighted by Crippen LogP contribution is -1.95. The minimum Gasteiger partial charge on any atom is -0.385 e. The average molecular weight is 219 g/mol. The molecular weight excluding hydrogens is 202 g/mol. The van der Waals surface area contributed by atoms with Crippen molar-refractivity contribution in [3.8, 4) is 0 Å². The summed E-state index contributed by atoms with van der Waals surface area (Å²) in [4.78, 5) is 7.81. The van der Waals surface area contributed by atoms with Crippen molar-refractivity contribution in [1.29, 1.82) is 0 Å². The van der Waals surface area contributed by atoms with Crippen LogP contribution in [0.15, 0.2) is 18.2 Å². The van der Waals surface area contributed by atoms with Gasteiger partial charge in [0.1, 0.15) is 5.82 Å². The Hall–Kier alpha value is -1.39. The fourth-order valence-corrected chi connectivity index (χ4v) is 1.74. The summed E-state index contributed by atoms with van der Waals surface area (Å²) >= 11 is 0. The highest BCUT2D eigenvalue weighted by Crippen LogP contribution is 2.14. The zero-order chi connectivity index (χ0) is 11.4. The lowest BCUT2D eigenvalue weighted by molar-refractivity contribution is 0.194. The molecule has 0 saturated carbocycles. The van der Waals surface area contributed by atoms with Gasteiger partial charge in [0.05, 0.1) is 11.0 Å². The summed E-state index contributed by atoms with van der Waals surface area (Å²) < 4.78 is 5.02. The Morgan fingerprint density at radius 2 is 2.31 bits per heavy atom. The van der Waals surface area contributed by atoms with E-state index in [1.165, 1.54) is 0 Å². The number of hydrogen-bond donors (Lipinski definition) is 2. The van der Waals surface area contributed by atoms with Crippen molar-refractivity contribution >= 4 is 11.0 Å². The molecule has 2 rings (SSSR count). The molecule has 0 aliphatic rings. The summed E-state index contributed by atoms with van der Waals surface area (Å²) in [6.45, 7) is 1.33. The number of nitrogens with zero attached hydrogens (tertiary/aromatic N) is 1. The van der Waals surface area contributed by atoms with Gasteiger partial charge in [-0.1, -0.05) is 6.07 Å². The molecule has 0 unspecified atom stereocenters. The van der Waals surface area contributed by atoms with Gasteiger partial charge in [-0.3, -0.25) is 0 Å². The smallest absolute Gasteiger partial charge is 0.107 e. The number of aryl methyl sites for hydroxylation is 1. The number of imidazole rings is 1. The van der Waals surface area contributed by atoms with E-state index in [0.717, 1.165) is 41.9 Å². The van der Waals surface area contributed by atoms with Crippen molar-refractivity contribution in [1.82, 2.24) is 9.97 Å². The van der Waals surface area contributed by atoms with Crippen molar-refractivity contribution in [2.75, 3.05) is 13.7 Å². The first kappa shape index (κ1) is 11.1. The first-order chi connectivity index (χ1) is 7.83. The van der Waals surface area contributed by atoms with Crippen LogP contribution in [0.1, 0.15) is 17.8 Å². The van der Waals surface area contributed by atoms with E-state index in [1.807, 2.05) is 12.1 Å². The quantitative estimate of drug-likeness (QED) is 0.751. The van der Waals surface area contributed by atoms with Crippen LogP contribution >= 0.6 is 0 Å². The number of nitrogens with two attached hydrogens (primary N) is 1. The molecule has 2 aromatic rings. The third-order valence-corrected chi connectivity index (χ3v) is 2.59. The van der Waals surface area contributed by atoms with Crippen molar-refractivity contribution in [3.63, 3.8) is 0 Å². The van der Waals surface area contributed by atoms with Gasteiger partial charge in [0.2, 0.25) is 0 Å². The van der Waals surface area contributed by atoms with E-state index < -0.39 is 0 Å². The van der Waals surface area contributed by atoms with E-state index in [0.29, 0.717) is 6.54 Å². The molecule has 0 fully saturated rings. The van der Waals surface area contributed by atoms with Crippen molar-refractivity contribution < 1.29 is 4.74 Å². The van der Waals surface area contributed by atoms with Gasteiger partial charge in [0.15, 0.2) is 0 Å². The van der Waals surface area contributed by atoms with Gasteiger partial charge in [-0.2, -0.15) is 0 Å². The Morgan fingerprint density at radius 3 is 3.06 bits per heavy atom. The van der Waals surface area contributed by atoms with E-state index in [4.69, 9.17) is 10.5 Å². The van der Waals surface area contributed by atoms with Crippen LogP contribution in [0.25, 0.3) is 11.0 Å². The second-order valence-corrected chi connectivity index (χ2v) is 3.84. The average Bonchev–Trinajstić information content (AvgIpc) is 2.70. The van der Waals surface area contributed by atoms with Gasteiger partial charge in [-0.15, -0.1) is 0 Å². The summed E-state index contributed by atoms with van der Waals surface area (Å²) in [5, 5.41) is 0. The van der Waals surface area contributed by atoms with Gasteiger partial charge < -0.3 is 15.5 Å². The highest BCUT2D eigenvalue weighted by Gasteiger charge is 2.02. The first-order valence-electron chi connectivity index (χ1n) is 5.50. The molecule has 16 heavy (non-hydrogen) atoms. The maximum atomic E-state index is 5.60. The van der Waals surface area contributed by atoms with Crippen LogP contribution in [-0.4, -0.2) is 23.7 Å². The molecule has 1 heterocycles. The van der Waals surface area contributed by atoms with Gasteiger partial charge >= 0.3 is 0 Å². The van der Waals surface area contributed by atoms with Crippen molar-refractivity contribution in [2.24, 2.45) is 5.73 Å². The molecule has 0 atom stereocenters. The third kappa shape index (κ3) is 2.40. The van der Waals surface area contributed by atoms with E-state index in [-0.39, 0.29) is 0 Å². The number of nitrogens with one attached hydrogen (secondary N) is 1. The molecule has 0 radical (unpaired) electrons. The molecule has 0 aliphatic carbocycles. The zero-order valence-electron chi connectivity index (χ0n) is 9.49. The molecule has 0 aliphatic heterocycles. The summed E-state index contributed by atoms with van der Waals surface area (Å²) in [5.41, 5.74) is 8.79. The number of rotatable bonds is 5. The minimum atomic E-state index is 0.563. The molecular formula is C12H17N3O. The highest BCUT2D eigenvalue weighted by molar-refractivity contribution is 5.75. The molecule has 86 valence electrons. The van der Waals surface area contributed by atoms with E-state index >= 15 is 0 Å². The maximum Gasteiger partial charge on any atom is 0.107 e. The van der Waals surface area contributed by atoms with Crippen LogP contribution in [0.2, 0.25) is 0 Å². The molecule has 1 aromatic heterocycles. The molecule has 3 N–H and O–H groups in total. The van der Waals surface area contributed by atoms with Crippen molar-refractivity contribution in [2.45, 2.75) is 19.4 Å². The predicted molar refractivity (Wildman–Crippen MR) is 64.2 cm³/mol. The van der Waals surface area contributed by atoms with Gasteiger partial charge in [-0.25, -0.2) is 4.98 Å². The second-order valence-electron chi connectivity index (χ2n) is 3.84. The number of aromatic amines is 1. The van der Waals surface area contributed by atoms with Crippen LogP contribution in [0.3, 0.4) is 0 Å². The third-order valence-electron chi connectivity index (χ3n) is 2.59. The molecule has 0 amide bonds. The topological polar surface area (TPSA) is 63.9 Å². The summed E-state index contributed by atoms with van der Waals surface area (Å²) in [6.07, 6.45) is 1.90. The van der Waals surface area contributed by atoms with Crippen molar-refractivity contribution in [3.05, 3.63) is 29.6 Å². The van der Waals surface area contributed by atoms with Gasteiger partial charge in [0.25, 0.3) is 0 Å². The van der Waals surface area contributed by atoms with E-state index in [2.05, 4.69) is 16.0 Å². The van der Waals surface area contributed by atoms with E-state index in [9.17, 15) is 0 Å². The Kier molecular flexibility index (Phi) is 3.54. The Balaban J connectivity index is 2.16. The second kappa shape index (κ2) is 5.09. The molecule has 1 aromatic carbocycles. The molecule has 0 saturated heterocycles. The SMILES string of the molecule is COCCCc1nc2ccc(CN)cc2[nH]1. The largest absolute Gasteiger partial charge is 0.385 e. The van der Waals surface area contributed by atoms with Crippen LogP contribution in [-0.2, 0) is 17.7 Å². The summed E-state index contributed by atoms with van der Waals surface area (Å²) in [6, 6.07) is 6.08. The number of H-pyrrole nitrogens is 1. The first-order valence-corrected chi connectivity index (χ1v) is 5.50. The fourth-order valence-electron chi connectivity index (χ4n) is 1.74. The number of hydrogen-bond acceptors (Lipinski definition) is 3. The zero-order valence-corrected chi connectivity index (χ0v) is 9.49. The Morgan fingerprint density at radius 1 is 1.44 bits per heavy atom. The predicted octanol–water partition coefficient (Wildman–Crippen LogP) is 1.60. The van der Waals surface area contributed by atoms with Crippen LogP contribution in [0.4, 0.5) is 0 Å².